The molecule has 0 radical (unpaired) electrons. The summed E-state index contributed by atoms with van der Waals surface area (Å²) in [5, 5.41) is 15.7. The van der Waals surface area contributed by atoms with Crippen molar-refractivity contribution < 1.29 is 9.90 Å². The first-order valence-corrected chi connectivity index (χ1v) is 8.54. The molecule has 5 heteroatoms. The molecule has 0 saturated carbocycles. The molecule has 2 unspecified atom stereocenters. The number of carbonyl (C=O) groups excluding carboxylic acids is 1. The van der Waals surface area contributed by atoms with Gasteiger partial charge in [0.2, 0.25) is 0 Å². The lowest BCUT2D eigenvalue weighted by atomic mass is 9.99. The highest BCUT2D eigenvalue weighted by Crippen LogP contribution is 2.15. The third-order valence-electron chi connectivity index (χ3n) is 4.49. The largest absolute Gasteiger partial charge is 0.390 e. The van der Waals surface area contributed by atoms with Crippen LogP contribution in [0.1, 0.15) is 38.3 Å². The first-order chi connectivity index (χ1) is 11.0. The van der Waals surface area contributed by atoms with Gasteiger partial charge in [-0.25, -0.2) is 4.79 Å². The highest BCUT2D eigenvalue weighted by Gasteiger charge is 2.18. The van der Waals surface area contributed by atoms with Crippen molar-refractivity contribution in [1.82, 2.24) is 15.5 Å². The first-order valence-electron chi connectivity index (χ1n) is 8.54. The van der Waals surface area contributed by atoms with Crippen LogP contribution in [0.25, 0.3) is 0 Å². The van der Waals surface area contributed by atoms with Crippen molar-refractivity contribution >= 4 is 6.03 Å². The Morgan fingerprint density at radius 3 is 2.61 bits per heavy atom. The number of aliphatic hydroxyl groups is 1. The second kappa shape index (κ2) is 8.89. The lowest BCUT2D eigenvalue weighted by Crippen LogP contribution is -2.45. The van der Waals surface area contributed by atoms with Crippen LogP contribution in [0.4, 0.5) is 4.79 Å². The fourth-order valence-corrected chi connectivity index (χ4v) is 2.89. The van der Waals surface area contributed by atoms with E-state index in [1.54, 1.807) is 0 Å². The minimum Gasteiger partial charge on any atom is -0.390 e. The van der Waals surface area contributed by atoms with Gasteiger partial charge in [-0.05, 0) is 44.3 Å². The smallest absolute Gasteiger partial charge is 0.315 e. The van der Waals surface area contributed by atoms with Gasteiger partial charge in [-0.1, -0.05) is 37.3 Å². The Labute approximate surface area is 139 Å². The number of likely N-dealkylation sites (tertiary alicyclic amines) is 1. The van der Waals surface area contributed by atoms with Crippen LogP contribution in [0.5, 0.6) is 0 Å². The van der Waals surface area contributed by atoms with Crippen LogP contribution in [0.3, 0.4) is 0 Å². The SMILES string of the molecule is CC1CCN(CC(O)CNC(=O)NC(C)c2ccccc2)CC1. The maximum atomic E-state index is 11.9. The Bertz CT molecular complexity index is 472. The summed E-state index contributed by atoms with van der Waals surface area (Å²) in [5.41, 5.74) is 1.06. The number of rotatable bonds is 6. The number of nitrogens with zero attached hydrogens (tertiary/aromatic N) is 1. The van der Waals surface area contributed by atoms with Gasteiger partial charge in [0, 0.05) is 13.1 Å². The lowest BCUT2D eigenvalue weighted by Gasteiger charge is -2.31. The topological polar surface area (TPSA) is 64.6 Å². The van der Waals surface area contributed by atoms with Gasteiger partial charge >= 0.3 is 6.03 Å². The maximum absolute atomic E-state index is 11.9. The number of β-amino-alcohol motifs (C(OH)–C–C–N with tert-alkyl or cyclic N) is 1. The molecule has 2 amide bonds. The number of hydrogen-bond donors (Lipinski definition) is 3. The van der Waals surface area contributed by atoms with Gasteiger partial charge in [0.05, 0.1) is 12.1 Å². The molecule has 1 aliphatic heterocycles. The summed E-state index contributed by atoms with van der Waals surface area (Å²) in [4.78, 5) is 14.2. The van der Waals surface area contributed by atoms with Gasteiger partial charge in [-0.3, -0.25) is 0 Å². The molecule has 128 valence electrons. The minimum atomic E-state index is -0.527. The van der Waals surface area contributed by atoms with E-state index in [0.717, 1.165) is 24.6 Å². The molecule has 1 saturated heterocycles. The molecule has 0 bridgehead atoms. The Morgan fingerprint density at radius 1 is 1.30 bits per heavy atom. The zero-order chi connectivity index (χ0) is 16.7. The van der Waals surface area contributed by atoms with Crippen molar-refractivity contribution in [2.24, 2.45) is 5.92 Å². The summed E-state index contributed by atoms with van der Waals surface area (Å²) in [6, 6.07) is 9.52. The summed E-state index contributed by atoms with van der Waals surface area (Å²) in [6.45, 7) is 7.19. The van der Waals surface area contributed by atoms with E-state index in [1.807, 2.05) is 37.3 Å². The van der Waals surface area contributed by atoms with Crippen molar-refractivity contribution in [3.63, 3.8) is 0 Å². The van der Waals surface area contributed by atoms with Crippen LogP contribution >= 0.6 is 0 Å². The lowest BCUT2D eigenvalue weighted by molar-refractivity contribution is 0.0919. The van der Waals surface area contributed by atoms with Crippen LogP contribution in [0.15, 0.2) is 30.3 Å². The molecular weight excluding hydrogens is 290 g/mol. The molecule has 1 heterocycles. The van der Waals surface area contributed by atoms with E-state index < -0.39 is 6.10 Å². The van der Waals surface area contributed by atoms with Crippen LogP contribution in [0, 0.1) is 5.92 Å². The van der Waals surface area contributed by atoms with Gasteiger partial charge in [-0.2, -0.15) is 0 Å². The zero-order valence-electron chi connectivity index (χ0n) is 14.2. The first kappa shape index (κ1) is 17.8. The maximum Gasteiger partial charge on any atom is 0.315 e. The molecule has 3 N–H and O–H groups in total. The molecule has 2 atom stereocenters. The van der Waals surface area contributed by atoms with Gasteiger partial charge in [-0.15, -0.1) is 0 Å². The van der Waals surface area contributed by atoms with Crippen LogP contribution in [0.2, 0.25) is 0 Å². The Morgan fingerprint density at radius 2 is 1.96 bits per heavy atom. The highest BCUT2D eigenvalue weighted by atomic mass is 16.3. The average molecular weight is 319 g/mol. The van der Waals surface area contributed by atoms with E-state index in [4.69, 9.17) is 0 Å². The predicted molar refractivity (Wildman–Crippen MR) is 92.2 cm³/mol. The molecule has 1 aliphatic rings. The second-order valence-corrected chi connectivity index (χ2v) is 6.62. The minimum absolute atomic E-state index is 0.0584. The number of carbonyl (C=O) groups is 1. The molecule has 2 rings (SSSR count). The Kier molecular flexibility index (Phi) is 6.86. The van der Waals surface area contributed by atoms with Crippen LogP contribution < -0.4 is 10.6 Å². The molecule has 0 aromatic heterocycles. The summed E-state index contributed by atoms with van der Waals surface area (Å²) in [7, 11) is 0. The number of hydrogen-bond acceptors (Lipinski definition) is 3. The van der Waals surface area contributed by atoms with Crippen molar-refractivity contribution in [3.05, 3.63) is 35.9 Å². The number of nitrogens with one attached hydrogen (secondary N) is 2. The third kappa shape index (κ3) is 6.20. The molecular formula is C18H29N3O2. The molecule has 5 nitrogen and oxygen atoms in total. The van der Waals surface area contributed by atoms with Gasteiger partial charge < -0.3 is 20.6 Å². The van der Waals surface area contributed by atoms with E-state index in [-0.39, 0.29) is 18.6 Å². The molecule has 1 aromatic carbocycles. The van der Waals surface area contributed by atoms with Gasteiger partial charge in [0.25, 0.3) is 0 Å². The second-order valence-electron chi connectivity index (χ2n) is 6.62. The fourth-order valence-electron chi connectivity index (χ4n) is 2.89. The summed E-state index contributed by atoms with van der Waals surface area (Å²) >= 11 is 0. The normalized spacial score (nSPS) is 19.1. The monoisotopic (exact) mass is 319 g/mol. The molecule has 23 heavy (non-hydrogen) atoms. The van der Waals surface area contributed by atoms with Crippen molar-refractivity contribution in [2.45, 2.75) is 38.8 Å². The van der Waals surface area contributed by atoms with E-state index in [1.165, 1.54) is 12.8 Å². The highest BCUT2D eigenvalue weighted by molar-refractivity contribution is 5.74. The van der Waals surface area contributed by atoms with Crippen molar-refractivity contribution in [3.8, 4) is 0 Å². The van der Waals surface area contributed by atoms with Crippen molar-refractivity contribution in [1.29, 1.82) is 0 Å². The van der Waals surface area contributed by atoms with E-state index in [9.17, 15) is 9.90 Å². The molecule has 0 aliphatic carbocycles. The average Bonchev–Trinajstić information content (AvgIpc) is 2.56. The quantitative estimate of drug-likeness (QED) is 0.753. The summed E-state index contributed by atoms with van der Waals surface area (Å²) in [6.07, 6.45) is 1.85. The number of piperidine rings is 1. The number of aliphatic hydroxyl groups excluding tert-OH is 1. The predicted octanol–water partition coefficient (Wildman–Crippen LogP) is 2.14. The van der Waals surface area contributed by atoms with E-state index in [0.29, 0.717) is 6.54 Å². The third-order valence-corrected chi connectivity index (χ3v) is 4.49. The van der Waals surface area contributed by atoms with E-state index >= 15 is 0 Å². The summed E-state index contributed by atoms with van der Waals surface area (Å²) in [5.74, 6) is 0.784. The van der Waals surface area contributed by atoms with E-state index in [2.05, 4.69) is 22.5 Å². The Balaban J connectivity index is 1.65. The fraction of sp³-hybridized carbons (Fsp3) is 0.611. The standard InChI is InChI=1S/C18H29N3O2/c1-14-8-10-21(11-9-14)13-17(22)12-19-18(23)20-15(2)16-6-4-3-5-7-16/h3-7,14-15,17,22H,8-13H2,1-2H3,(H2,19,20,23). The van der Waals surface area contributed by atoms with Crippen LogP contribution in [-0.4, -0.2) is 48.3 Å². The Hall–Kier alpha value is -1.59. The van der Waals surface area contributed by atoms with Crippen molar-refractivity contribution in [2.75, 3.05) is 26.2 Å². The molecule has 1 aromatic rings. The van der Waals surface area contributed by atoms with Crippen LogP contribution in [-0.2, 0) is 0 Å². The summed E-state index contributed by atoms with van der Waals surface area (Å²) < 4.78 is 0. The molecule has 0 spiro atoms. The zero-order valence-corrected chi connectivity index (χ0v) is 14.2. The number of benzene rings is 1. The van der Waals surface area contributed by atoms with Gasteiger partial charge in [0.15, 0.2) is 0 Å². The molecule has 1 fully saturated rings. The number of amides is 2. The number of urea groups is 1. The van der Waals surface area contributed by atoms with Gasteiger partial charge in [0.1, 0.15) is 0 Å².